The second-order valence-electron chi connectivity index (χ2n) is 18.5. The quantitative estimate of drug-likeness (QED) is 0.0487. The predicted octanol–water partition coefficient (Wildman–Crippen LogP) is 7.14. The van der Waals surface area contributed by atoms with E-state index in [0.717, 1.165) is 76.6 Å². The number of aliphatic imine (C=N–C) groups is 1. The van der Waals surface area contributed by atoms with Crippen LogP contribution >= 0.6 is 22.7 Å². The zero-order valence-electron chi connectivity index (χ0n) is 41.8. The Morgan fingerprint density at radius 1 is 0.959 bits per heavy atom. The van der Waals surface area contributed by atoms with Gasteiger partial charge in [-0.3, -0.25) is 28.2 Å². The Morgan fingerprint density at radius 2 is 1.76 bits per heavy atom. The molecule has 20 heteroatoms. The Kier molecular flexibility index (Phi) is 15.0. The Labute approximate surface area is 435 Å². The molecule has 2 aliphatic heterocycles. The summed E-state index contributed by atoms with van der Waals surface area (Å²) >= 11 is 3.12. The van der Waals surface area contributed by atoms with Crippen LogP contribution in [-0.2, 0) is 32.2 Å². The maximum absolute atomic E-state index is 14.3. The van der Waals surface area contributed by atoms with Crippen LogP contribution in [-0.4, -0.2) is 141 Å². The Balaban J connectivity index is 0.692. The molecule has 1 fully saturated rings. The number of aliphatic hydroxyl groups is 1. The fraction of sp³-hybridized carbons (Fsp3) is 0.352. The molecule has 7 heterocycles. The number of pyridine rings is 1. The average Bonchev–Trinajstić information content (AvgIpc) is 4.27. The van der Waals surface area contributed by atoms with Crippen LogP contribution in [0.2, 0.25) is 0 Å². The minimum absolute atomic E-state index is 0.00109. The lowest BCUT2D eigenvalue weighted by Crippen LogP contribution is -2.55. The van der Waals surface area contributed by atoms with Gasteiger partial charge in [-0.2, -0.15) is 0 Å². The Bertz CT molecular complexity index is 3380. The van der Waals surface area contributed by atoms with Crippen molar-refractivity contribution in [1.29, 1.82) is 0 Å². The molecule has 3 amide bonds. The number of imidazole rings is 2. The first-order valence-corrected chi connectivity index (χ1v) is 26.3. The molecule has 0 spiro atoms. The minimum atomic E-state index is -0.912. The van der Waals surface area contributed by atoms with Crippen LogP contribution in [0.4, 0.5) is 5.82 Å². The van der Waals surface area contributed by atoms with Crippen LogP contribution in [0.5, 0.6) is 11.5 Å². The maximum atomic E-state index is 14.3. The number of ether oxygens (including phenoxy) is 4. The minimum Gasteiger partial charge on any atom is -0.491 e. The predicted molar refractivity (Wildman–Crippen MR) is 286 cm³/mol. The largest absolute Gasteiger partial charge is 0.491 e. The lowest BCUT2D eigenvalue weighted by molar-refractivity contribution is -0.143. The number of fused-ring (bicyclic) bond motifs is 5. The summed E-state index contributed by atoms with van der Waals surface area (Å²) in [5.41, 5.74) is 10.2. The Hall–Kier alpha value is -7.23. The summed E-state index contributed by atoms with van der Waals surface area (Å²) in [5.74, 6) is 0.981. The lowest BCUT2D eigenvalue weighted by Gasteiger charge is -2.35. The van der Waals surface area contributed by atoms with E-state index in [0.29, 0.717) is 50.9 Å². The van der Waals surface area contributed by atoms with E-state index in [1.54, 1.807) is 41.1 Å². The molecule has 384 valence electrons. The zero-order valence-corrected chi connectivity index (χ0v) is 43.5. The summed E-state index contributed by atoms with van der Waals surface area (Å²) in [5, 5.41) is 17.1. The van der Waals surface area contributed by atoms with Crippen LogP contribution in [0, 0.1) is 12.8 Å². The highest BCUT2D eigenvalue weighted by molar-refractivity contribution is 7.23. The number of benzene rings is 3. The van der Waals surface area contributed by atoms with Gasteiger partial charge in [-0.25, -0.2) is 15.0 Å². The number of amides is 3. The van der Waals surface area contributed by atoms with Gasteiger partial charge in [-0.05, 0) is 72.0 Å². The van der Waals surface area contributed by atoms with Crippen molar-refractivity contribution in [2.24, 2.45) is 10.9 Å². The highest BCUT2D eigenvalue weighted by Gasteiger charge is 2.46. The van der Waals surface area contributed by atoms with E-state index < -0.39 is 24.1 Å². The van der Waals surface area contributed by atoms with Gasteiger partial charge in [-0.15, -0.1) is 11.3 Å². The number of anilines is 1. The summed E-state index contributed by atoms with van der Waals surface area (Å²) in [6, 6.07) is 21.5. The molecule has 1 saturated heterocycles. The van der Waals surface area contributed by atoms with Gasteiger partial charge in [0.1, 0.15) is 59.6 Å². The van der Waals surface area contributed by atoms with Gasteiger partial charge >= 0.3 is 0 Å². The molecule has 3 N–H and O–H groups in total. The highest BCUT2D eigenvalue weighted by Crippen LogP contribution is 2.36. The first-order chi connectivity index (χ1) is 36.0. The molecule has 0 bridgehead atoms. The highest BCUT2D eigenvalue weighted by atomic mass is 32.1. The van der Waals surface area contributed by atoms with Gasteiger partial charge in [0.15, 0.2) is 4.96 Å². The number of thiazole rings is 2. The SMILES string of the molecule is CN=Cc1ccn2c(NC)c(-c3cn4c(n3)sc3cc(OCCOCCOCCOc5cc(-c6scnc6C)ccc5CNC(=O)[C@@H]5C[C@@H](O)CN5C(=O)[C@H](C(C)C)N5Cc6ccccc6C5=O)ccc34)nc2c1. The van der Waals surface area contributed by atoms with Crippen LogP contribution in [0.15, 0.2) is 95.7 Å². The topological polar surface area (TPSA) is 199 Å². The zero-order chi connectivity index (χ0) is 51.5. The summed E-state index contributed by atoms with van der Waals surface area (Å²) in [4.78, 5) is 64.9. The number of likely N-dealkylation sites (tertiary alicyclic amines) is 1. The first-order valence-electron chi connectivity index (χ1n) is 24.6. The summed E-state index contributed by atoms with van der Waals surface area (Å²) < 4.78 is 29.2. The van der Waals surface area contributed by atoms with E-state index in [1.807, 2.05) is 111 Å². The third-order valence-corrected chi connectivity index (χ3v) is 15.3. The van der Waals surface area contributed by atoms with Gasteiger partial charge < -0.3 is 44.5 Å². The molecule has 0 radical (unpaired) electrons. The van der Waals surface area contributed by atoms with Crippen molar-refractivity contribution in [2.75, 3.05) is 65.6 Å². The molecule has 0 unspecified atom stereocenters. The lowest BCUT2D eigenvalue weighted by atomic mass is 10.0. The number of hydrogen-bond acceptors (Lipinski definition) is 15. The summed E-state index contributed by atoms with van der Waals surface area (Å²) in [7, 11) is 3.63. The van der Waals surface area contributed by atoms with E-state index in [9.17, 15) is 19.5 Å². The fourth-order valence-corrected chi connectivity index (χ4v) is 11.6. The number of aliphatic hydroxyl groups excluding tert-OH is 1. The number of rotatable bonds is 21. The number of hydrogen-bond donors (Lipinski definition) is 3. The molecular formula is C54H58N10O8S2. The van der Waals surface area contributed by atoms with Crippen molar-refractivity contribution in [3.05, 3.63) is 119 Å². The molecule has 3 atom stereocenters. The van der Waals surface area contributed by atoms with Gasteiger partial charge in [-0.1, -0.05) is 55.5 Å². The van der Waals surface area contributed by atoms with Crippen molar-refractivity contribution in [3.63, 3.8) is 0 Å². The molecule has 5 aromatic heterocycles. The van der Waals surface area contributed by atoms with E-state index in [2.05, 4.69) is 25.0 Å². The van der Waals surface area contributed by atoms with E-state index in [4.69, 9.17) is 28.9 Å². The molecule has 0 aliphatic carbocycles. The van der Waals surface area contributed by atoms with Crippen molar-refractivity contribution >= 4 is 73.3 Å². The van der Waals surface area contributed by atoms with Gasteiger partial charge in [0.2, 0.25) is 11.8 Å². The number of nitrogens with zero attached hydrogens (tertiary/aromatic N) is 8. The van der Waals surface area contributed by atoms with Crippen molar-refractivity contribution in [2.45, 2.75) is 58.5 Å². The van der Waals surface area contributed by atoms with Gasteiger partial charge in [0.05, 0.1) is 58.8 Å². The molecule has 8 aromatic rings. The van der Waals surface area contributed by atoms with Gasteiger partial charge in [0.25, 0.3) is 5.91 Å². The standard InChI is InChI=1S/C54H58N10O8S2/c1-32(2)48(64-28-37-8-6-7-9-40(37)52(64)67)53(68)62-29-38(65)24-43(62)51(66)57-27-36-11-10-35(49-33(3)58-31-73-49)23-44(36)72-21-19-70-17-16-69-18-20-71-39-12-13-42-45(25-39)74-54-59-41(30-63(42)54)47-50(56-5)61-15-14-34(26-55-4)22-46(61)60-47/h6-15,22-23,25-26,30-32,38,43,48,56,65H,16-21,24,27-29H2,1-5H3,(H,57,66)/t38-,43+,48+/m1/s1. The number of aromatic nitrogens is 5. The molecule has 2 aliphatic rings. The van der Waals surface area contributed by atoms with Crippen LogP contribution in [0.1, 0.15) is 53.0 Å². The number of nitrogens with one attached hydrogen (secondary N) is 2. The summed E-state index contributed by atoms with van der Waals surface area (Å²) in [6.45, 7) is 8.17. The molecule has 0 saturated carbocycles. The molecule has 3 aromatic carbocycles. The number of carbonyl (C=O) groups is 3. The van der Waals surface area contributed by atoms with Crippen molar-refractivity contribution in [1.82, 2.24) is 38.9 Å². The monoisotopic (exact) mass is 1040 g/mol. The Morgan fingerprint density at radius 3 is 2.51 bits per heavy atom. The maximum Gasteiger partial charge on any atom is 0.255 e. The smallest absolute Gasteiger partial charge is 0.255 e. The van der Waals surface area contributed by atoms with Crippen molar-refractivity contribution < 1.29 is 38.4 Å². The van der Waals surface area contributed by atoms with E-state index >= 15 is 0 Å². The van der Waals surface area contributed by atoms with Gasteiger partial charge in [0, 0.05) is 69.9 Å². The van der Waals surface area contributed by atoms with Crippen LogP contribution in [0.3, 0.4) is 0 Å². The molecule has 18 nitrogen and oxygen atoms in total. The first kappa shape index (κ1) is 50.3. The molecular weight excluding hydrogens is 981 g/mol. The number of aryl methyl sites for hydroxylation is 1. The molecule has 74 heavy (non-hydrogen) atoms. The third kappa shape index (κ3) is 10.3. The number of carbonyl (C=O) groups excluding carboxylic acids is 3. The third-order valence-electron chi connectivity index (χ3n) is 13.3. The van der Waals surface area contributed by atoms with Crippen molar-refractivity contribution in [3.8, 4) is 33.3 Å². The van der Waals surface area contributed by atoms with E-state index in [1.165, 1.54) is 16.2 Å². The van der Waals surface area contributed by atoms with Crippen LogP contribution < -0.4 is 20.1 Å². The molecule has 10 rings (SSSR count). The average molecular weight is 1040 g/mol. The second kappa shape index (κ2) is 22.1. The number of β-amino-alcohol motifs (C(OH)–C–C–N with tert-alkyl or cyclic N) is 1. The fourth-order valence-electron chi connectivity index (χ4n) is 9.75. The normalized spacial score (nSPS) is 16.1. The van der Waals surface area contributed by atoms with E-state index in [-0.39, 0.29) is 43.8 Å². The summed E-state index contributed by atoms with van der Waals surface area (Å²) in [6.07, 6.45) is 5.01. The van der Waals surface area contributed by atoms with Crippen LogP contribution in [0.25, 0.3) is 42.7 Å². The second-order valence-corrected chi connectivity index (χ2v) is 20.4.